The Morgan fingerprint density at radius 3 is 3.15 bits per heavy atom. The molecule has 0 aromatic heterocycles. The highest BCUT2D eigenvalue weighted by Gasteiger charge is 2.13. The van der Waals surface area contributed by atoms with E-state index in [9.17, 15) is 0 Å². The highest BCUT2D eigenvalue weighted by atomic mass is 15.2. The van der Waals surface area contributed by atoms with Crippen molar-refractivity contribution < 1.29 is 1.43 Å². The molecule has 0 spiro atoms. The molecule has 0 bridgehead atoms. The molecule has 0 atom stereocenters. The number of nitrogens with one attached hydrogen (secondary N) is 1. The van der Waals surface area contributed by atoms with Crippen molar-refractivity contribution in [3.63, 3.8) is 0 Å². The summed E-state index contributed by atoms with van der Waals surface area (Å²) >= 11 is 0. The topological polar surface area (TPSA) is 15.3 Å². The average molecular weight is 178 g/mol. The van der Waals surface area contributed by atoms with Crippen molar-refractivity contribution in [1.29, 1.82) is 0 Å². The third-order valence-electron chi connectivity index (χ3n) is 2.57. The first-order chi connectivity index (χ1) is 6.31. The maximum Gasteiger partial charge on any atom is 0.0605 e. The molecular weight excluding hydrogens is 160 g/mol. The van der Waals surface area contributed by atoms with E-state index in [1.165, 1.54) is 16.9 Å². The fourth-order valence-electron chi connectivity index (χ4n) is 1.83. The summed E-state index contributed by atoms with van der Waals surface area (Å²) < 4.78 is 0. The van der Waals surface area contributed by atoms with Gasteiger partial charge in [-0.25, -0.2) is 0 Å². The lowest BCUT2D eigenvalue weighted by atomic mass is 10.1. The van der Waals surface area contributed by atoms with Crippen molar-refractivity contribution in [2.45, 2.75) is 13.8 Å². The molecular formula is C11H18N2. The van der Waals surface area contributed by atoms with Gasteiger partial charge in [-0.3, -0.25) is 0 Å². The molecule has 1 aliphatic heterocycles. The maximum atomic E-state index is 3.41. The smallest absolute Gasteiger partial charge is 0.0605 e. The summed E-state index contributed by atoms with van der Waals surface area (Å²) in [4.78, 5) is 2.42. The molecule has 0 aliphatic carbocycles. The van der Waals surface area contributed by atoms with Crippen LogP contribution in [0.5, 0.6) is 0 Å². The number of hydrogen-bond acceptors (Lipinski definition) is 2. The Labute approximate surface area is 81.0 Å². The van der Waals surface area contributed by atoms with Crippen LogP contribution in [0, 0.1) is 6.92 Å². The van der Waals surface area contributed by atoms with Gasteiger partial charge in [-0.1, -0.05) is 6.07 Å². The van der Waals surface area contributed by atoms with E-state index in [1.807, 2.05) is 0 Å². The summed E-state index contributed by atoms with van der Waals surface area (Å²) in [5, 5.41) is 3.41. The summed E-state index contributed by atoms with van der Waals surface area (Å²) in [6.45, 7) is 7.62. The van der Waals surface area contributed by atoms with E-state index in [4.69, 9.17) is 0 Å². The average Bonchev–Trinajstić information content (AvgIpc) is 2.17. The van der Waals surface area contributed by atoms with Crippen molar-refractivity contribution in [2.75, 3.05) is 29.9 Å². The third kappa shape index (κ3) is 1.48. The maximum absolute atomic E-state index is 3.41. The van der Waals surface area contributed by atoms with Gasteiger partial charge in [-0.15, -0.1) is 0 Å². The second kappa shape index (κ2) is 3.29. The summed E-state index contributed by atoms with van der Waals surface area (Å²) in [6.07, 6.45) is 0. The second-order valence-electron chi connectivity index (χ2n) is 3.53. The van der Waals surface area contributed by atoms with Crippen LogP contribution in [-0.4, -0.2) is 19.6 Å². The number of benzene rings is 1. The summed E-state index contributed by atoms with van der Waals surface area (Å²) in [7, 11) is 0. The minimum absolute atomic E-state index is 0. The van der Waals surface area contributed by atoms with Crippen LogP contribution in [0.1, 0.15) is 13.9 Å². The van der Waals surface area contributed by atoms with E-state index in [1.54, 1.807) is 0 Å². The fourth-order valence-corrected chi connectivity index (χ4v) is 1.83. The van der Waals surface area contributed by atoms with Crippen LogP contribution in [0.25, 0.3) is 0 Å². The van der Waals surface area contributed by atoms with Crippen LogP contribution < -0.4 is 10.2 Å². The zero-order chi connectivity index (χ0) is 9.26. The Bertz CT molecular complexity index is 312. The van der Waals surface area contributed by atoms with Gasteiger partial charge in [0, 0.05) is 21.1 Å². The van der Waals surface area contributed by atoms with E-state index in [-0.39, 0.29) is 1.43 Å². The number of hydrogen-bond donors (Lipinski definition) is 1. The first kappa shape index (κ1) is 8.42. The molecule has 0 amide bonds. The van der Waals surface area contributed by atoms with Crippen LogP contribution >= 0.6 is 0 Å². The predicted octanol–water partition coefficient (Wildman–Crippen LogP) is 2.49. The van der Waals surface area contributed by atoms with Gasteiger partial charge in [-0.2, -0.15) is 0 Å². The number of likely N-dealkylation sites (N-methyl/N-ethyl adjacent to an activating group) is 1. The van der Waals surface area contributed by atoms with Gasteiger partial charge >= 0.3 is 0 Å². The van der Waals surface area contributed by atoms with Gasteiger partial charge in [-0.05, 0) is 31.5 Å². The molecule has 1 aromatic rings. The van der Waals surface area contributed by atoms with Crippen molar-refractivity contribution in [1.82, 2.24) is 0 Å². The Morgan fingerprint density at radius 2 is 2.38 bits per heavy atom. The first-order valence-corrected chi connectivity index (χ1v) is 4.90. The lowest BCUT2D eigenvalue weighted by Crippen LogP contribution is -2.33. The number of nitrogens with zero attached hydrogens (tertiary/aromatic N) is 1. The van der Waals surface area contributed by atoms with Gasteiger partial charge in [0.15, 0.2) is 0 Å². The van der Waals surface area contributed by atoms with Crippen molar-refractivity contribution in [2.24, 2.45) is 0 Å². The van der Waals surface area contributed by atoms with E-state index in [0.29, 0.717) is 0 Å². The van der Waals surface area contributed by atoms with Gasteiger partial charge in [0.25, 0.3) is 0 Å². The van der Waals surface area contributed by atoms with E-state index < -0.39 is 0 Å². The normalized spacial score (nSPS) is 15.1. The molecule has 0 radical (unpaired) electrons. The number of anilines is 2. The minimum Gasteiger partial charge on any atom is -0.382 e. The van der Waals surface area contributed by atoms with Crippen LogP contribution in [0.3, 0.4) is 0 Å². The van der Waals surface area contributed by atoms with Gasteiger partial charge in [0.05, 0.1) is 11.4 Å². The van der Waals surface area contributed by atoms with Crippen LogP contribution in [0.4, 0.5) is 11.4 Å². The van der Waals surface area contributed by atoms with Gasteiger partial charge in [0.1, 0.15) is 0 Å². The number of aryl methyl sites for hydroxylation is 1. The second-order valence-corrected chi connectivity index (χ2v) is 3.53. The zero-order valence-corrected chi connectivity index (χ0v) is 8.30. The molecule has 2 nitrogen and oxygen atoms in total. The van der Waals surface area contributed by atoms with E-state index >= 15 is 0 Å². The predicted molar refractivity (Wildman–Crippen MR) is 59.7 cm³/mol. The molecule has 0 fully saturated rings. The lowest BCUT2D eigenvalue weighted by Gasteiger charge is -2.31. The van der Waals surface area contributed by atoms with Gasteiger partial charge in [0.2, 0.25) is 0 Å². The lowest BCUT2D eigenvalue weighted by molar-refractivity contribution is 0.814. The highest BCUT2D eigenvalue weighted by molar-refractivity contribution is 5.72. The Kier molecular flexibility index (Phi) is 2.13. The third-order valence-corrected chi connectivity index (χ3v) is 2.57. The number of fused-ring (bicyclic) bond motifs is 1. The Morgan fingerprint density at radius 1 is 1.54 bits per heavy atom. The molecule has 0 saturated heterocycles. The molecule has 0 saturated carbocycles. The summed E-state index contributed by atoms with van der Waals surface area (Å²) in [6, 6.07) is 6.59. The molecule has 0 unspecified atom stereocenters. The number of rotatable bonds is 1. The quantitative estimate of drug-likeness (QED) is 0.710. The molecule has 2 rings (SSSR count). The minimum atomic E-state index is 0. The van der Waals surface area contributed by atoms with Crippen molar-refractivity contribution in [3.8, 4) is 0 Å². The monoisotopic (exact) mass is 178 g/mol. The molecule has 1 aliphatic rings. The molecule has 72 valence electrons. The van der Waals surface area contributed by atoms with Crippen LogP contribution in [-0.2, 0) is 0 Å². The van der Waals surface area contributed by atoms with Crippen molar-refractivity contribution in [3.05, 3.63) is 23.8 Å². The van der Waals surface area contributed by atoms with Crippen molar-refractivity contribution >= 4 is 11.4 Å². The molecule has 13 heavy (non-hydrogen) atoms. The molecule has 1 heterocycles. The highest BCUT2D eigenvalue weighted by Crippen LogP contribution is 2.29. The summed E-state index contributed by atoms with van der Waals surface area (Å²) in [5.41, 5.74) is 3.97. The molecule has 2 heteroatoms. The Balaban J connectivity index is 0.000000980. The van der Waals surface area contributed by atoms with E-state index in [2.05, 4.69) is 42.3 Å². The Hall–Kier alpha value is -1.18. The van der Waals surface area contributed by atoms with E-state index in [0.717, 1.165) is 19.6 Å². The summed E-state index contributed by atoms with van der Waals surface area (Å²) in [5.74, 6) is 0. The molecule has 1 N–H and O–H groups in total. The largest absolute Gasteiger partial charge is 0.382 e. The van der Waals surface area contributed by atoms with Crippen LogP contribution in [0.2, 0.25) is 0 Å². The first-order valence-electron chi connectivity index (χ1n) is 4.90. The van der Waals surface area contributed by atoms with Gasteiger partial charge < -0.3 is 10.2 Å². The SMILES string of the molecule is CCN1CCNc2ccc(C)cc21.[HH]. The zero-order valence-electron chi connectivity index (χ0n) is 8.30. The van der Waals surface area contributed by atoms with Crippen LogP contribution in [0.15, 0.2) is 18.2 Å². The molecule has 1 aromatic carbocycles. The standard InChI is InChI=1S/C11H16N2.H2/c1-3-13-7-6-12-10-5-4-9(2)8-11(10)13;/h4-5,8,12H,3,6-7H2,1-2H3;1H. The fraction of sp³-hybridized carbons (Fsp3) is 0.455.